The molecule has 0 saturated carbocycles. The zero-order valence-corrected chi connectivity index (χ0v) is 18.8. The Bertz CT molecular complexity index is 1060. The van der Waals surface area contributed by atoms with E-state index in [1.54, 1.807) is 24.3 Å². The number of halogens is 1. The summed E-state index contributed by atoms with van der Waals surface area (Å²) in [4.78, 5) is 27.5. The number of aliphatic hydroxyl groups is 1. The molecule has 2 aliphatic rings. The van der Waals surface area contributed by atoms with Gasteiger partial charge in [0, 0.05) is 18.7 Å². The lowest BCUT2D eigenvalue weighted by atomic mass is 9.95. The molecule has 1 N–H and O–H groups in total. The first-order chi connectivity index (χ1) is 15.8. The summed E-state index contributed by atoms with van der Waals surface area (Å²) in [5.74, 6) is -1.30. The molecule has 0 aromatic heterocycles. The van der Waals surface area contributed by atoms with Gasteiger partial charge in [-0.25, -0.2) is 4.39 Å². The van der Waals surface area contributed by atoms with Gasteiger partial charge in [0.25, 0.3) is 11.7 Å². The average molecular weight is 454 g/mol. The molecule has 2 aromatic carbocycles. The Morgan fingerprint density at radius 1 is 1.21 bits per heavy atom. The zero-order valence-electron chi connectivity index (χ0n) is 18.8. The molecule has 2 unspecified atom stereocenters. The molecule has 2 fully saturated rings. The summed E-state index contributed by atoms with van der Waals surface area (Å²) >= 11 is 0. The fraction of sp³-hybridized carbons (Fsp3) is 0.385. The maximum absolute atomic E-state index is 13.6. The van der Waals surface area contributed by atoms with Gasteiger partial charge in [0.1, 0.15) is 17.3 Å². The van der Waals surface area contributed by atoms with Crippen LogP contribution in [0.25, 0.3) is 5.76 Å². The predicted molar refractivity (Wildman–Crippen MR) is 121 cm³/mol. The van der Waals surface area contributed by atoms with E-state index in [1.807, 2.05) is 13.8 Å². The Morgan fingerprint density at radius 3 is 2.64 bits per heavy atom. The van der Waals surface area contributed by atoms with Crippen LogP contribution in [0.5, 0.6) is 5.75 Å². The summed E-state index contributed by atoms with van der Waals surface area (Å²) < 4.78 is 25.0. The first-order valence-corrected chi connectivity index (χ1v) is 11.2. The van der Waals surface area contributed by atoms with Gasteiger partial charge in [-0.3, -0.25) is 9.59 Å². The molecule has 2 heterocycles. The van der Waals surface area contributed by atoms with Gasteiger partial charge in [-0.2, -0.15) is 0 Å². The highest BCUT2D eigenvalue weighted by molar-refractivity contribution is 6.46. The van der Waals surface area contributed by atoms with E-state index in [9.17, 15) is 19.1 Å². The van der Waals surface area contributed by atoms with Gasteiger partial charge in [-0.15, -0.1) is 0 Å². The van der Waals surface area contributed by atoms with Crippen molar-refractivity contribution in [2.24, 2.45) is 5.92 Å². The molecule has 7 heteroatoms. The number of hydrogen-bond acceptors (Lipinski definition) is 5. The Morgan fingerprint density at radius 2 is 1.97 bits per heavy atom. The van der Waals surface area contributed by atoms with Gasteiger partial charge in [0.05, 0.1) is 24.3 Å². The molecular weight excluding hydrogens is 425 g/mol. The van der Waals surface area contributed by atoms with E-state index in [0.717, 1.165) is 12.8 Å². The number of ether oxygens (including phenoxy) is 2. The van der Waals surface area contributed by atoms with Gasteiger partial charge in [-0.1, -0.05) is 38.1 Å². The first-order valence-electron chi connectivity index (χ1n) is 11.2. The van der Waals surface area contributed by atoms with E-state index in [1.165, 1.54) is 29.2 Å². The lowest BCUT2D eigenvalue weighted by Crippen LogP contribution is -2.36. The molecule has 2 aliphatic heterocycles. The lowest BCUT2D eigenvalue weighted by molar-refractivity contribution is -0.140. The number of nitrogens with zero attached hydrogens (tertiary/aromatic N) is 1. The van der Waals surface area contributed by atoms with E-state index in [0.29, 0.717) is 36.0 Å². The van der Waals surface area contributed by atoms with Crippen LogP contribution in [0.1, 0.15) is 43.9 Å². The summed E-state index contributed by atoms with van der Waals surface area (Å²) in [5, 5.41) is 11.2. The Kier molecular flexibility index (Phi) is 6.79. The van der Waals surface area contributed by atoms with Gasteiger partial charge in [0.15, 0.2) is 0 Å². The van der Waals surface area contributed by atoms with Crippen LogP contribution in [0.2, 0.25) is 0 Å². The van der Waals surface area contributed by atoms with Gasteiger partial charge in [-0.05, 0) is 48.6 Å². The van der Waals surface area contributed by atoms with Crippen molar-refractivity contribution < 1.29 is 28.6 Å². The van der Waals surface area contributed by atoms with Crippen LogP contribution < -0.4 is 4.74 Å². The maximum Gasteiger partial charge on any atom is 0.295 e. The molecule has 4 rings (SSSR count). The minimum Gasteiger partial charge on any atom is -0.507 e. The molecule has 0 radical (unpaired) electrons. The highest BCUT2D eigenvalue weighted by Crippen LogP contribution is 2.40. The second-order valence-corrected chi connectivity index (χ2v) is 8.87. The fourth-order valence-corrected chi connectivity index (χ4v) is 4.22. The van der Waals surface area contributed by atoms with E-state index in [2.05, 4.69) is 0 Å². The Hall–Kier alpha value is -3.19. The standard InChI is InChI=1S/C26H28FNO5/c1-16(2)15-33-20-6-3-5-18(13-20)24(29)22-23(17-8-10-19(27)11-9-17)28(26(31)25(22)30)14-21-7-4-12-32-21/h3,5-6,8-11,13,16,21,23,29H,4,7,12,14-15H2,1-2H3/b24-22-. The molecule has 33 heavy (non-hydrogen) atoms. The van der Waals surface area contributed by atoms with E-state index >= 15 is 0 Å². The third-order valence-electron chi connectivity index (χ3n) is 5.84. The fourth-order valence-electron chi connectivity index (χ4n) is 4.22. The summed E-state index contributed by atoms with van der Waals surface area (Å²) in [6.07, 6.45) is 1.49. The van der Waals surface area contributed by atoms with Crippen molar-refractivity contribution >= 4 is 17.4 Å². The van der Waals surface area contributed by atoms with Crippen LogP contribution in [-0.2, 0) is 14.3 Å². The van der Waals surface area contributed by atoms with Crippen molar-refractivity contribution in [3.05, 3.63) is 71.0 Å². The molecular formula is C26H28FNO5. The number of carbonyl (C=O) groups excluding carboxylic acids is 2. The van der Waals surface area contributed by atoms with E-state index in [-0.39, 0.29) is 24.0 Å². The number of benzene rings is 2. The second-order valence-electron chi connectivity index (χ2n) is 8.87. The first kappa shape index (κ1) is 23.0. The minimum absolute atomic E-state index is 0.0226. The van der Waals surface area contributed by atoms with Crippen LogP contribution in [0.15, 0.2) is 54.1 Å². The predicted octanol–water partition coefficient (Wildman–Crippen LogP) is 4.46. The highest BCUT2D eigenvalue weighted by atomic mass is 19.1. The average Bonchev–Trinajstić information content (AvgIpc) is 3.40. The van der Waals surface area contributed by atoms with Crippen molar-refractivity contribution in [2.75, 3.05) is 19.8 Å². The molecule has 174 valence electrons. The lowest BCUT2D eigenvalue weighted by Gasteiger charge is -2.27. The number of carbonyl (C=O) groups is 2. The van der Waals surface area contributed by atoms with Crippen LogP contribution >= 0.6 is 0 Å². The third-order valence-corrected chi connectivity index (χ3v) is 5.84. The number of amides is 1. The maximum atomic E-state index is 13.6. The number of aliphatic hydroxyl groups excluding tert-OH is 1. The van der Waals surface area contributed by atoms with Gasteiger partial charge >= 0.3 is 0 Å². The smallest absolute Gasteiger partial charge is 0.295 e. The number of hydrogen-bond donors (Lipinski definition) is 1. The van der Waals surface area contributed by atoms with Crippen LogP contribution in [-0.4, -0.2) is 47.6 Å². The number of likely N-dealkylation sites (tertiary alicyclic amines) is 1. The van der Waals surface area contributed by atoms with Crippen LogP contribution in [0, 0.1) is 11.7 Å². The summed E-state index contributed by atoms with van der Waals surface area (Å²) in [7, 11) is 0. The van der Waals surface area contributed by atoms with Gasteiger partial charge in [0.2, 0.25) is 0 Å². The summed E-state index contributed by atoms with van der Waals surface area (Å²) in [6, 6.07) is 11.6. The van der Waals surface area contributed by atoms with Crippen molar-refractivity contribution in [1.29, 1.82) is 0 Å². The number of ketones is 1. The number of rotatable bonds is 7. The van der Waals surface area contributed by atoms with Crippen LogP contribution in [0.4, 0.5) is 4.39 Å². The normalized spacial score (nSPS) is 22.4. The summed E-state index contributed by atoms with van der Waals surface area (Å²) in [5.41, 5.74) is 0.895. The molecule has 2 saturated heterocycles. The Labute approximate surface area is 192 Å². The minimum atomic E-state index is -0.838. The highest BCUT2D eigenvalue weighted by Gasteiger charge is 2.47. The van der Waals surface area contributed by atoms with Crippen molar-refractivity contribution in [2.45, 2.75) is 38.8 Å². The largest absolute Gasteiger partial charge is 0.507 e. The SMILES string of the molecule is CC(C)COc1cccc(/C(O)=C2/C(=O)C(=O)N(CC3CCCO3)C2c2ccc(F)cc2)c1. The van der Waals surface area contributed by atoms with Crippen molar-refractivity contribution in [3.63, 3.8) is 0 Å². The number of Topliss-reactive ketones (excluding diaryl/α,β-unsaturated/α-hetero) is 1. The Balaban J connectivity index is 1.76. The quantitative estimate of drug-likeness (QED) is 0.381. The molecule has 2 aromatic rings. The topological polar surface area (TPSA) is 76.1 Å². The molecule has 0 aliphatic carbocycles. The second kappa shape index (κ2) is 9.75. The monoisotopic (exact) mass is 453 g/mol. The summed E-state index contributed by atoms with van der Waals surface area (Å²) in [6.45, 7) is 5.40. The molecule has 0 bridgehead atoms. The van der Waals surface area contributed by atoms with Crippen molar-refractivity contribution in [1.82, 2.24) is 4.90 Å². The zero-order chi connectivity index (χ0) is 23.5. The van der Waals surface area contributed by atoms with E-state index < -0.39 is 23.5 Å². The van der Waals surface area contributed by atoms with Gasteiger partial charge < -0.3 is 19.5 Å². The molecule has 0 spiro atoms. The third kappa shape index (κ3) is 4.93. The van der Waals surface area contributed by atoms with Crippen LogP contribution in [0.3, 0.4) is 0 Å². The molecule has 6 nitrogen and oxygen atoms in total. The molecule has 1 amide bonds. The molecule has 2 atom stereocenters. The van der Waals surface area contributed by atoms with E-state index in [4.69, 9.17) is 9.47 Å². The van der Waals surface area contributed by atoms with Crippen molar-refractivity contribution in [3.8, 4) is 5.75 Å².